The molecule has 1 aromatic carbocycles. The van der Waals surface area contributed by atoms with Crippen LogP contribution in [-0.2, 0) is 6.42 Å². The van der Waals surface area contributed by atoms with Crippen LogP contribution >= 0.6 is 45.2 Å². The molecule has 1 atom stereocenters. The van der Waals surface area contributed by atoms with Crippen molar-refractivity contribution in [1.29, 1.82) is 0 Å². The summed E-state index contributed by atoms with van der Waals surface area (Å²) in [6.07, 6.45) is 5.37. The van der Waals surface area contributed by atoms with Crippen molar-refractivity contribution in [1.82, 2.24) is 4.90 Å². The summed E-state index contributed by atoms with van der Waals surface area (Å²) in [5.74, 6) is 0.940. The Morgan fingerprint density at radius 1 is 1.28 bits per heavy atom. The van der Waals surface area contributed by atoms with Gasteiger partial charge < -0.3 is 4.90 Å². The van der Waals surface area contributed by atoms with Crippen molar-refractivity contribution in [2.45, 2.75) is 32.6 Å². The lowest BCUT2D eigenvalue weighted by Crippen LogP contribution is -2.36. The standard InChI is InChI=1S/C15H21I2N/c1-2-12-4-3-8-18(11-12)9-7-13-5-6-14(16)15(17)10-13/h5-6,10,12H,2-4,7-9,11H2,1H3/t12-/m1/s1. The molecule has 100 valence electrons. The van der Waals surface area contributed by atoms with E-state index >= 15 is 0 Å². The van der Waals surface area contributed by atoms with Crippen LogP contribution in [0.25, 0.3) is 0 Å². The largest absolute Gasteiger partial charge is 0.303 e. The molecule has 0 unspecified atom stereocenters. The molecule has 0 amide bonds. The van der Waals surface area contributed by atoms with Gasteiger partial charge >= 0.3 is 0 Å². The minimum absolute atomic E-state index is 0.940. The van der Waals surface area contributed by atoms with E-state index in [0.29, 0.717) is 0 Å². The van der Waals surface area contributed by atoms with E-state index in [1.165, 1.54) is 58.0 Å². The average Bonchev–Trinajstić information content (AvgIpc) is 2.40. The second-order valence-electron chi connectivity index (χ2n) is 5.22. The number of piperidine rings is 1. The molecule has 2 rings (SSSR count). The quantitative estimate of drug-likeness (QED) is 0.585. The molecule has 1 heterocycles. The highest BCUT2D eigenvalue weighted by molar-refractivity contribution is 14.1. The van der Waals surface area contributed by atoms with Crippen LogP contribution in [0.4, 0.5) is 0 Å². The zero-order valence-electron chi connectivity index (χ0n) is 11.0. The topological polar surface area (TPSA) is 3.24 Å². The van der Waals surface area contributed by atoms with Gasteiger partial charge in [0.05, 0.1) is 0 Å². The molecule has 1 aliphatic heterocycles. The van der Waals surface area contributed by atoms with Crippen molar-refractivity contribution in [2.75, 3.05) is 19.6 Å². The van der Waals surface area contributed by atoms with Crippen molar-refractivity contribution in [3.63, 3.8) is 0 Å². The number of likely N-dealkylation sites (tertiary alicyclic amines) is 1. The molecule has 1 aliphatic rings. The maximum atomic E-state index is 2.66. The fourth-order valence-corrected chi connectivity index (χ4v) is 3.59. The van der Waals surface area contributed by atoms with E-state index < -0.39 is 0 Å². The van der Waals surface area contributed by atoms with Crippen LogP contribution in [0.5, 0.6) is 0 Å². The minimum atomic E-state index is 0.940. The monoisotopic (exact) mass is 469 g/mol. The summed E-state index contributed by atoms with van der Waals surface area (Å²) in [7, 11) is 0. The molecule has 0 aliphatic carbocycles. The van der Waals surface area contributed by atoms with E-state index in [-0.39, 0.29) is 0 Å². The Bertz CT molecular complexity index is 392. The third kappa shape index (κ3) is 4.34. The molecule has 1 fully saturated rings. The Morgan fingerprint density at radius 2 is 2.11 bits per heavy atom. The third-order valence-electron chi connectivity index (χ3n) is 3.88. The highest BCUT2D eigenvalue weighted by Crippen LogP contribution is 2.20. The van der Waals surface area contributed by atoms with Crippen LogP contribution in [0, 0.1) is 13.1 Å². The first-order valence-corrected chi connectivity index (χ1v) is 9.01. The lowest BCUT2D eigenvalue weighted by Gasteiger charge is -2.32. The van der Waals surface area contributed by atoms with Crippen molar-refractivity contribution >= 4 is 45.2 Å². The molecule has 1 aromatic rings. The SMILES string of the molecule is CC[C@@H]1CCCN(CCc2ccc(I)c(I)c2)C1. The maximum Gasteiger partial charge on any atom is 0.0266 e. The first kappa shape index (κ1) is 15.0. The van der Waals surface area contributed by atoms with Crippen LogP contribution in [0.1, 0.15) is 31.7 Å². The fourth-order valence-electron chi connectivity index (χ4n) is 2.67. The lowest BCUT2D eigenvalue weighted by molar-refractivity contribution is 0.173. The fraction of sp³-hybridized carbons (Fsp3) is 0.600. The van der Waals surface area contributed by atoms with Gasteiger partial charge in [-0.15, -0.1) is 0 Å². The zero-order chi connectivity index (χ0) is 13.0. The van der Waals surface area contributed by atoms with Gasteiger partial charge in [-0.25, -0.2) is 0 Å². The van der Waals surface area contributed by atoms with Crippen molar-refractivity contribution in [3.05, 3.63) is 30.9 Å². The molecule has 3 heteroatoms. The zero-order valence-corrected chi connectivity index (χ0v) is 15.3. The van der Waals surface area contributed by atoms with Gasteiger partial charge in [-0.3, -0.25) is 0 Å². The molecule has 0 aromatic heterocycles. The molecule has 0 radical (unpaired) electrons. The molecule has 0 saturated carbocycles. The highest BCUT2D eigenvalue weighted by Gasteiger charge is 2.17. The number of hydrogen-bond acceptors (Lipinski definition) is 1. The van der Waals surface area contributed by atoms with Gasteiger partial charge in [0.1, 0.15) is 0 Å². The van der Waals surface area contributed by atoms with Gasteiger partial charge in [0.15, 0.2) is 0 Å². The maximum absolute atomic E-state index is 2.66. The Labute approximate surface area is 138 Å². The van der Waals surface area contributed by atoms with Gasteiger partial charge in [0.25, 0.3) is 0 Å². The number of halogens is 2. The molecule has 18 heavy (non-hydrogen) atoms. The summed E-state index contributed by atoms with van der Waals surface area (Å²) in [4.78, 5) is 2.66. The summed E-state index contributed by atoms with van der Waals surface area (Å²) in [5.41, 5.74) is 1.48. The first-order chi connectivity index (χ1) is 8.69. The predicted molar refractivity (Wildman–Crippen MR) is 95.0 cm³/mol. The number of rotatable bonds is 4. The van der Waals surface area contributed by atoms with Crippen LogP contribution in [0.2, 0.25) is 0 Å². The Balaban J connectivity index is 1.85. The van der Waals surface area contributed by atoms with Gasteiger partial charge in [-0.2, -0.15) is 0 Å². The molecule has 0 N–H and O–H groups in total. The number of benzene rings is 1. The second-order valence-corrected chi connectivity index (χ2v) is 7.54. The highest BCUT2D eigenvalue weighted by atomic mass is 127. The Hall–Kier alpha value is 0.640. The van der Waals surface area contributed by atoms with Crippen molar-refractivity contribution in [2.24, 2.45) is 5.92 Å². The molecule has 0 bridgehead atoms. The minimum Gasteiger partial charge on any atom is -0.303 e. The summed E-state index contributed by atoms with van der Waals surface area (Å²) in [5, 5.41) is 0. The summed E-state index contributed by atoms with van der Waals surface area (Å²) in [6.45, 7) is 6.18. The first-order valence-electron chi connectivity index (χ1n) is 6.85. The molecule has 0 spiro atoms. The average molecular weight is 469 g/mol. The summed E-state index contributed by atoms with van der Waals surface area (Å²) >= 11 is 4.83. The van der Waals surface area contributed by atoms with E-state index in [9.17, 15) is 0 Å². The van der Waals surface area contributed by atoms with E-state index in [4.69, 9.17) is 0 Å². The van der Waals surface area contributed by atoms with E-state index in [1.807, 2.05) is 0 Å². The predicted octanol–water partition coefficient (Wildman–Crippen LogP) is 4.56. The van der Waals surface area contributed by atoms with Gasteiger partial charge in [-0.1, -0.05) is 19.4 Å². The summed E-state index contributed by atoms with van der Waals surface area (Å²) < 4.78 is 2.75. The van der Waals surface area contributed by atoms with E-state index in [1.54, 1.807) is 0 Å². The smallest absolute Gasteiger partial charge is 0.0266 e. The molecular formula is C15H21I2N. The van der Waals surface area contributed by atoms with Crippen LogP contribution in [0.3, 0.4) is 0 Å². The van der Waals surface area contributed by atoms with Gasteiger partial charge in [-0.05, 0) is 94.6 Å². The summed E-state index contributed by atoms with van der Waals surface area (Å²) in [6, 6.07) is 6.86. The van der Waals surface area contributed by atoms with Crippen molar-refractivity contribution in [3.8, 4) is 0 Å². The molecule has 1 saturated heterocycles. The van der Waals surface area contributed by atoms with Crippen LogP contribution < -0.4 is 0 Å². The van der Waals surface area contributed by atoms with E-state index in [2.05, 4.69) is 75.2 Å². The third-order valence-corrected chi connectivity index (χ3v) is 6.75. The molecule has 1 nitrogen and oxygen atoms in total. The number of hydrogen-bond donors (Lipinski definition) is 0. The second kappa shape index (κ2) is 7.43. The van der Waals surface area contributed by atoms with Gasteiger partial charge in [0, 0.05) is 20.2 Å². The Morgan fingerprint density at radius 3 is 2.83 bits per heavy atom. The molecular weight excluding hydrogens is 448 g/mol. The van der Waals surface area contributed by atoms with E-state index in [0.717, 1.165) is 5.92 Å². The normalized spacial score (nSPS) is 21.2. The van der Waals surface area contributed by atoms with Gasteiger partial charge in [0.2, 0.25) is 0 Å². The number of nitrogens with zero attached hydrogens (tertiary/aromatic N) is 1. The van der Waals surface area contributed by atoms with Crippen molar-refractivity contribution < 1.29 is 0 Å². The van der Waals surface area contributed by atoms with Crippen LogP contribution in [0.15, 0.2) is 18.2 Å². The van der Waals surface area contributed by atoms with Crippen LogP contribution in [-0.4, -0.2) is 24.5 Å². The lowest BCUT2D eigenvalue weighted by atomic mass is 9.95. The Kier molecular flexibility index (Phi) is 6.21.